The zero-order chi connectivity index (χ0) is 12.8. The Hall–Kier alpha value is -2.60. The molecule has 0 saturated heterocycles. The molecule has 2 aromatic rings. The predicted octanol–water partition coefficient (Wildman–Crippen LogP) is 3.07. The number of aldehydes is 1. The van der Waals surface area contributed by atoms with Gasteiger partial charge in [-0.2, -0.15) is 5.26 Å². The summed E-state index contributed by atoms with van der Waals surface area (Å²) in [4.78, 5) is 10.7. The SMILES string of the molecule is N#CCOc1cccc(-c2cccc(C=O)c2)c1. The fraction of sp³-hybridized carbons (Fsp3) is 0.0667. The average molecular weight is 237 g/mol. The Kier molecular flexibility index (Phi) is 3.72. The first-order valence-electron chi connectivity index (χ1n) is 5.49. The third-order valence-electron chi connectivity index (χ3n) is 2.49. The van der Waals surface area contributed by atoms with E-state index in [1.807, 2.05) is 42.5 Å². The van der Waals surface area contributed by atoms with Crippen molar-refractivity contribution < 1.29 is 9.53 Å². The molecule has 0 unspecified atom stereocenters. The van der Waals surface area contributed by atoms with Gasteiger partial charge in [0.05, 0.1) is 0 Å². The smallest absolute Gasteiger partial charge is 0.174 e. The molecule has 0 aromatic heterocycles. The Morgan fingerprint density at radius 3 is 2.56 bits per heavy atom. The van der Waals surface area contributed by atoms with Crippen molar-refractivity contribution in [2.24, 2.45) is 0 Å². The fourth-order valence-corrected chi connectivity index (χ4v) is 1.67. The normalized spacial score (nSPS) is 9.50. The van der Waals surface area contributed by atoms with Crippen molar-refractivity contribution >= 4 is 6.29 Å². The second-order valence-corrected chi connectivity index (χ2v) is 3.72. The first-order valence-corrected chi connectivity index (χ1v) is 5.49. The molecular formula is C15H11NO2. The highest BCUT2D eigenvalue weighted by Gasteiger charge is 2.01. The summed E-state index contributed by atoms with van der Waals surface area (Å²) >= 11 is 0. The van der Waals surface area contributed by atoms with Gasteiger partial charge in [0.2, 0.25) is 0 Å². The zero-order valence-electron chi connectivity index (χ0n) is 9.67. The molecule has 0 spiro atoms. The number of rotatable bonds is 4. The molecule has 2 rings (SSSR count). The van der Waals surface area contributed by atoms with E-state index in [0.29, 0.717) is 11.3 Å². The lowest BCUT2D eigenvalue weighted by molar-refractivity contribution is 0.112. The second-order valence-electron chi connectivity index (χ2n) is 3.72. The minimum absolute atomic E-state index is 0.0256. The van der Waals surface area contributed by atoms with E-state index in [0.717, 1.165) is 17.4 Å². The maximum Gasteiger partial charge on any atom is 0.174 e. The van der Waals surface area contributed by atoms with Gasteiger partial charge in [0.25, 0.3) is 0 Å². The van der Waals surface area contributed by atoms with Crippen LogP contribution in [0.3, 0.4) is 0 Å². The van der Waals surface area contributed by atoms with Crippen LogP contribution in [0, 0.1) is 11.3 Å². The van der Waals surface area contributed by atoms with Gasteiger partial charge in [-0.05, 0) is 29.3 Å². The molecule has 88 valence electrons. The molecule has 0 saturated carbocycles. The van der Waals surface area contributed by atoms with Gasteiger partial charge in [0.1, 0.15) is 18.1 Å². The zero-order valence-corrected chi connectivity index (χ0v) is 9.67. The second kappa shape index (κ2) is 5.65. The predicted molar refractivity (Wildman–Crippen MR) is 68.4 cm³/mol. The van der Waals surface area contributed by atoms with Crippen LogP contribution in [-0.2, 0) is 0 Å². The van der Waals surface area contributed by atoms with E-state index in [-0.39, 0.29) is 6.61 Å². The third kappa shape index (κ3) is 2.74. The highest BCUT2D eigenvalue weighted by molar-refractivity contribution is 5.79. The standard InChI is InChI=1S/C15H11NO2/c16-7-8-18-15-6-2-5-14(10-15)13-4-1-3-12(9-13)11-17/h1-6,9-11H,8H2. The molecule has 0 atom stereocenters. The average Bonchev–Trinajstić information content (AvgIpc) is 2.45. The van der Waals surface area contributed by atoms with Crippen molar-refractivity contribution in [1.82, 2.24) is 0 Å². The van der Waals surface area contributed by atoms with Crippen LogP contribution in [0.1, 0.15) is 10.4 Å². The van der Waals surface area contributed by atoms with Crippen molar-refractivity contribution in [2.45, 2.75) is 0 Å². The number of hydrogen-bond acceptors (Lipinski definition) is 3. The van der Waals surface area contributed by atoms with Gasteiger partial charge in [-0.3, -0.25) is 4.79 Å². The van der Waals surface area contributed by atoms with Crippen LogP contribution in [0.5, 0.6) is 5.75 Å². The van der Waals surface area contributed by atoms with Crippen molar-refractivity contribution in [1.29, 1.82) is 5.26 Å². The molecule has 0 aliphatic heterocycles. The molecule has 2 aromatic carbocycles. The Morgan fingerprint density at radius 2 is 1.83 bits per heavy atom. The van der Waals surface area contributed by atoms with Crippen LogP contribution >= 0.6 is 0 Å². The molecule has 0 N–H and O–H groups in total. The number of ether oxygens (including phenoxy) is 1. The minimum Gasteiger partial charge on any atom is -0.479 e. The first kappa shape index (κ1) is 11.9. The Balaban J connectivity index is 2.32. The lowest BCUT2D eigenvalue weighted by Crippen LogP contribution is -1.93. The quantitative estimate of drug-likeness (QED) is 0.768. The van der Waals surface area contributed by atoms with Gasteiger partial charge in [0.15, 0.2) is 6.61 Å². The van der Waals surface area contributed by atoms with Crippen molar-refractivity contribution in [3.8, 4) is 22.9 Å². The number of carbonyl (C=O) groups is 1. The highest BCUT2D eigenvalue weighted by atomic mass is 16.5. The third-order valence-corrected chi connectivity index (χ3v) is 2.49. The van der Waals surface area contributed by atoms with Crippen LogP contribution in [0.4, 0.5) is 0 Å². The number of hydrogen-bond donors (Lipinski definition) is 0. The minimum atomic E-state index is 0.0256. The van der Waals surface area contributed by atoms with Crippen LogP contribution < -0.4 is 4.74 Å². The lowest BCUT2D eigenvalue weighted by atomic mass is 10.0. The molecule has 0 amide bonds. The highest BCUT2D eigenvalue weighted by Crippen LogP contribution is 2.24. The van der Waals surface area contributed by atoms with Crippen molar-refractivity contribution in [3.63, 3.8) is 0 Å². The Morgan fingerprint density at radius 1 is 1.11 bits per heavy atom. The topological polar surface area (TPSA) is 50.1 Å². The fourth-order valence-electron chi connectivity index (χ4n) is 1.67. The summed E-state index contributed by atoms with van der Waals surface area (Å²) in [6.07, 6.45) is 0.819. The lowest BCUT2D eigenvalue weighted by Gasteiger charge is -2.06. The summed E-state index contributed by atoms with van der Waals surface area (Å²) in [5.74, 6) is 0.644. The van der Waals surface area contributed by atoms with E-state index in [1.165, 1.54) is 0 Å². The summed E-state index contributed by atoms with van der Waals surface area (Å²) in [5.41, 5.74) is 2.53. The Bertz CT molecular complexity index is 599. The number of nitriles is 1. The monoisotopic (exact) mass is 237 g/mol. The van der Waals surface area contributed by atoms with E-state index >= 15 is 0 Å². The number of nitrogens with zero attached hydrogens (tertiary/aromatic N) is 1. The van der Waals surface area contributed by atoms with Gasteiger partial charge < -0.3 is 4.74 Å². The molecule has 0 aliphatic rings. The van der Waals surface area contributed by atoms with E-state index in [9.17, 15) is 4.79 Å². The van der Waals surface area contributed by atoms with Gasteiger partial charge in [-0.25, -0.2) is 0 Å². The van der Waals surface area contributed by atoms with Crippen molar-refractivity contribution in [2.75, 3.05) is 6.61 Å². The number of benzene rings is 2. The van der Waals surface area contributed by atoms with E-state index in [2.05, 4.69) is 0 Å². The van der Waals surface area contributed by atoms with E-state index in [1.54, 1.807) is 12.1 Å². The largest absolute Gasteiger partial charge is 0.479 e. The summed E-state index contributed by atoms with van der Waals surface area (Å²) in [7, 11) is 0. The first-order chi connectivity index (χ1) is 8.83. The van der Waals surface area contributed by atoms with Gasteiger partial charge >= 0.3 is 0 Å². The Labute approximate surface area is 105 Å². The maximum absolute atomic E-state index is 10.7. The van der Waals surface area contributed by atoms with Crippen molar-refractivity contribution in [3.05, 3.63) is 54.1 Å². The van der Waals surface area contributed by atoms with Gasteiger partial charge in [0, 0.05) is 5.56 Å². The number of carbonyl (C=O) groups excluding carboxylic acids is 1. The summed E-state index contributed by atoms with van der Waals surface area (Å²) < 4.78 is 5.24. The summed E-state index contributed by atoms with van der Waals surface area (Å²) in [6.45, 7) is 0.0256. The van der Waals surface area contributed by atoms with Gasteiger partial charge in [-0.1, -0.05) is 30.3 Å². The van der Waals surface area contributed by atoms with Crippen LogP contribution in [-0.4, -0.2) is 12.9 Å². The molecule has 0 bridgehead atoms. The molecule has 0 fully saturated rings. The van der Waals surface area contributed by atoms with E-state index < -0.39 is 0 Å². The van der Waals surface area contributed by atoms with E-state index in [4.69, 9.17) is 10.00 Å². The molecular weight excluding hydrogens is 226 g/mol. The van der Waals surface area contributed by atoms with Crippen LogP contribution in [0.15, 0.2) is 48.5 Å². The molecule has 18 heavy (non-hydrogen) atoms. The molecule has 0 radical (unpaired) electrons. The molecule has 0 aliphatic carbocycles. The van der Waals surface area contributed by atoms with Crippen LogP contribution in [0.2, 0.25) is 0 Å². The maximum atomic E-state index is 10.7. The molecule has 0 heterocycles. The van der Waals surface area contributed by atoms with Gasteiger partial charge in [-0.15, -0.1) is 0 Å². The summed E-state index contributed by atoms with van der Waals surface area (Å²) in [6, 6.07) is 16.7. The molecule has 3 nitrogen and oxygen atoms in total. The molecule has 3 heteroatoms. The summed E-state index contributed by atoms with van der Waals surface area (Å²) in [5, 5.41) is 8.47. The van der Waals surface area contributed by atoms with Crippen LogP contribution in [0.25, 0.3) is 11.1 Å².